The number of nitrogens with two attached hydrogens (primary N) is 2. The van der Waals surface area contributed by atoms with Crippen molar-refractivity contribution in [2.75, 3.05) is 6.54 Å². The minimum absolute atomic E-state index is 0.170. The molecule has 0 aromatic carbocycles. The highest BCUT2D eigenvalue weighted by molar-refractivity contribution is 5.69. The predicted molar refractivity (Wildman–Crippen MR) is 42.6 cm³/mol. The molecule has 4 N–H and O–H groups in total. The molecule has 0 bridgehead atoms. The standard InChI is InChI=1S/C7H16N2O2/c1-5(2)3-7(10)11-6(9)4-8/h5-6H,3-4,8-9H2,1-2H3. The molecule has 0 amide bonds. The Kier molecular flexibility index (Phi) is 4.81. The quantitative estimate of drug-likeness (QED) is 0.441. The number of rotatable bonds is 4. The van der Waals surface area contributed by atoms with Gasteiger partial charge in [0, 0.05) is 13.0 Å². The molecule has 4 nitrogen and oxygen atoms in total. The van der Waals surface area contributed by atoms with Crippen LogP contribution in [0.4, 0.5) is 0 Å². The van der Waals surface area contributed by atoms with E-state index in [0.29, 0.717) is 12.3 Å². The second-order valence-electron chi connectivity index (χ2n) is 2.86. The van der Waals surface area contributed by atoms with Crippen LogP contribution in [0.5, 0.6) is 0 Å². The van der Waals surface area contributed by atoms with Gasteiger partial charge in [-0.3, -0.25) is 10.5 Å². The second kappa shape index (κ2) is 5.09. The van der Waals surface area contributed by atoms with Crippen molar-refractivity contribution < 1.29 is 9.53 Å². The van der Waals surface area contributed by atoms with Gasteiger partial charge in [0.2, 0.25) is 0 Å². The molecule has 1 unspecified atom stereocenters. The van der Waals surface area contributed by atoms with Gasteiger partial charge in [-0.1, -0.05) is 13.8 Å². The Morgan fingerprint density at radius 1 is 1.55 bits per heavy atom. The molecule has 0 aromatic rings. The number of esters is 1. The van der Waals surface area contributed by atoms with E-state index in [2.05, 4.69) is 0 Å². The molecule has 66 valence electrons. The molecule has 0 aliphatic heterocycles. The lowest BCUT2D eigenvalue weighted by Gasteiger charge is -2.11. The van der Waals surface area contributed by atoms with E-state index >= 15 is 0 Å². The topological polar surface area (TPSA) is 78.3 Å². The molecular weight excluding hydrogens is 144 g/mol. The summed E-state index contributed by atoms with van der Waals surface area (Å²) in [5.74, 6) is 0.0189. The molecule has 0 aromatic heterocycles. The third-order valence-electron chi connectivity index (χ3n) is 1.09. The lowest BCUT2D eigenvalue weighted by atomic mass is 10.1. The van der Waals surface area contributed by atoms with E-state index in [4.69, 9.17) is 16.2 Å². The summed E-state index contributed by atoms with van der Waals surface area (Å²) in [6.07, 6.45) is -0.255. The van der Waals surface area contributed by atoms with Gasteiger partial charge in [-0.05, 0) is 5.92 Å². The fraction of sp³-hybridized carbons (Fsp3) is 0.857. The van der Waals surface area contributed by atoms with Gasteiger partial charge in [-0.2, -0.15) is 0 Å². The van der Waals surface area contributed by atoms with Crippen molar-refractivity contribution in [2.45, 2.75) is 26.5 Å². The maximum atomic E-state index is 10.9. The summed E-state index contributed by atoms with van der Waals surface area (Å²) in [4.78, 5) is 10.9. The van der Waals surface area contributed by atoms with Crippen LogP contribution in [-0.4, -0.2) is 18.7 Å². The van der Waals surface area contributed by atoms with Crippen molar-refractivity contribution >= 4 is 5.97 Å². The minimum Gasteiger partial charge on any atom is -0.445 e. The summed E-state index contributed by atoms with van der Waals surface area (Å²) in [6.45, 7) is 4.05. The van der Waals surface area contributed by atoms with E-state index in [1.807, 2.05) is 13.8 Å². The molecule has 0 radical (unpaired) electrons. The first kappa shape index (κ1) is 10.4. The molecular formula is C7H16N2O2. The fourth-order valence-electron chi connectivity index (χ4n) is 0.598. The molecule has 0 aliphatic rings. The molecule has 4 heteroatoms. The van der Waals surface area contributed by atoms with Crippen LogP contribution in [0.25, 0.3) is 0 Å². The van der Waals surface area contributed by atoms with Crippen LogP contribution in [0.3, 0.4) is 0 Å². The highest BCUT2D eigenvalue weighted by atomic mass is 16.6. The molecule has 0 saturated carbocycles. The lowest BCUT2D eigenvalue weighted by molar-refractivity contribution is -0.149. The van der Waals surface area contributed by atoms with Crippen molar-refractivity contribution in [3.05, 3.63) is 0 Å². The van der Waals surface area contributed by atoms with Crippen LogP contribution in [-0.2, 0) is 9.53 Å². The number of carbonyl (C=O) groups is 1. The largest absolute Gasteiger partial charge is 0.445 e. The van der Waals surface area contributed by atoms with E-state index in [0.717, 1.165) is 0 Å². The Hall–Kier alpha value is -0.610. The van der Waals surface area contributed by atoms with E-state index in [-0.39, 0.29) is 12.5 Å². The lowest BCUT2D eigenvalue weighted by Crippen LogP contribution is -2.34. The first-order valence-electron chi connectivity index (χ1n) is 3.71. The Morgan fingerprint density at radius 3 is 2.45 bits per heavy atom. The summed E-state index contributed by atoms with van der Waals surface area (Å²) < 4.78 is 4.72. The molecule has 0 fully saturated rings. The van der Waals surface area contributed by atoms with Crippen LogP contribution in [0.15, 0.2) is 0 Å². The summed E-state index contributed by atoms with van der Waals surface area (Å²) in [6, 6.07) is 0. The van der Waals surface area contributed by atoms with Gasteiger partial charge in [0.1, 0.15) is 0 Å². The third kappa shape index (κ3) is 5.82. The number of hydrogen-bond acceptors (Lipinski definition) is 4. The van der Waals surface area contributed by atoms with Crippen molar-refractivity contribution in [3.63, 3.8) is 0 Å². The molecule has 1 atom stereocenters. The maximum Gasteiger partial charge on any atom is 0.307 e. The van der Waals surface area contributed by atoms with Crippen molar-refractivity contribution in [2.24, 2.45) is 17.4 Å². The van der Waals surface area contributed by atoms with Gasteiger partial charge in [0.15, 0.2) is 6.23 Å². The van der Waals surface area contributed by atoms with Gasteiger partial charge in [-0.25, -0.2) is 0 Å². The van der Waals surface area contributed by atoms with Gasteiger partial charge in [0.25, 0.3) is 0 Å². The number of ether oxygens (including phenoxy) is 1. The molecule has 0 rings (SSSR count). The fourth-order valence-corrected chi connectivity index (χ4v) is 0.598. The number of carbonyl (C=O) groups excluding carboxylic acids is 1. The summed E-state index contributed by atoms with van der Waals surface area (Å²) in [7, 11) is 0. The third-order valence-corrected chi connectivity index (χ3v) is 1.09. The first-order valence-corrected chi connectivity index (χ1v) is 3.71. The molecule has 11 heavy (non-hydrogen) atoms. The Labute approximate surface area is 66.9 Å². The molecule has 0 spiro atoms. The van der Waals surface area contributed by atoms with Crippen molar-refractivity contribution in [1.29, 1.82) is 0 Å². The maximum absolute atomic E-state index is 10.9. The highest BCUT2D eigenvalue weighted by Gasteiger charge is 2.09. The molecule has 0 saturated heterocycles. The van der Waals surface area contributed by atoms with Crippen LogP contribution < -0.4 is 11.5 Å². The van der Waals surface area contributed by atoms with Crippen LogP contribution in [0.2, 0.25) is 0 Å². The Bertz CT molecular complexity index is 126. The van der Waals surface area contributed by atoms with E-state index in [1.165, 1.54) is 0 Å². The summed E-state index contributed by atoms with van der Waals surface area (Å²) in [5, 5.41) is 0. The number of hydrogen-bond donors (Lipinski definition) is 2. The smallest absolute Gasteiger partial charge is 0.307 e. The normalized spacial score (nSPS) is 13.2. The van der Waals surface area contributed by atoms with Gasteiger partial charge in [0.05, 0.1) is 0 Å². The molecule has 0 aliphatic carbocycles. The van der Waals surface area contributed by atoms with Crippen LogP contribution in [0, 0.1) is 5.92 Å². The highest BCUT2D eigenvalue weighted by Crippen LogP contribution is 2.01. The summed E-state index contributed by atoms with van der Waals surface area (Å²) in [5.41, 5.74) is 10.4. The van der Waals surface area contributed by atoms with E-state index < -0.39 is 6.23 Å². The van der Waals surface area contributed by atoms with Crippen molar-refractivity contribution in [3.8, 4) is 0 Å². The van der Waals surface area contributed by atoms with E-state index in [1.54, 1.807) is 0 Å². The SMILES string of the molecule is CC(C)CC(=O)OC(N)CN. The average Bonchev–Trinajstić information content (AvgIpc) is 1.85. The van der Waals surface area contributed by atoms with Crippen LogP contribution in [0.1, 0.15) is 20.3 Å². The van der Waals surface area contributed by atoms with Gasteiger partial charge in [-0.15, -0.1) is 0 Å². The Balaban J connectivity index is 3.52. The minimum atomic E-state index is -0.652. The zero-order valence-corrected chi connectivity index (χ0v) is 7.04. The second-order valence-corrected chi connectivity index (χ2v) is 2.86. The first-order chi connectivity index (χ1) is 5.06. The van der Waals surface area contributed by atoms with Gasteiger partial charge >= 0.3 is 5.97 Å². The zero-order valence-electron chi connectivity index (χ0n) is 7.04. The predicted octanol–water partition coefficient (Wildman–Crippen LogP) is -0.181. The monoisotopic (exact) mass is 160 g/mol. The Morgan fingerprint density at radius 2 is 2.09 bits per heavy atom. The molecule has 0 heterocycles. The average molecular weight is 160 g/mol. The van der Waals surface area contributed by atoms with Gasteiger partial charge < -0.3 is 10.5 Å². The van der Waals surface area contributed by atoms with Crippen molar-refractivity contribution in [1.82, 2.24) is 0 Å². The van der Waals surface area contributed by atoms with E-state index in [9.17, 15) is 4.79 Å². The van der Waals surface area contributed by atoms with Crippen LogP contribution >= 0.6 is 0 Å². The zero-order chi connectivity index (χ0) is 8.85. The summed E-state index contributed by atoms with van der Waals surface area (Å²) >= 11 is 0.